The summed E-state index contributed by atoms with van der Waals surface area (Å²) < 4.78 is 0. The monoisotopic (exact) mass is 123 g/mol. The van der Waals surface area contributed by atoms with Crippen LogP contribution in [-0.2, 0) is 4.79 Å². The molecule has 0 heterocycles. The summed E-state index contributed by atoms with van der Waals surface area (Å²) in [6.07, 6.45) is 3.51. The number of isocyanates is 1. The number of nitrogens with zero attached hydrogens (tertiary/aromatic N) is 1. The molecule has 0 unspecified atom stereocenters. The molecule has 0 spiro atoms. The Kier molecular flexibility index (Phi) is 1.26. The molecule has 2 nitrogen and oxygen atoms in total. The smallest absolute Gasteiger partial charge is 0.211 e. The SMILES string of the molecule is C=C(C)C1(N=C=O)CC1. The summed E-state index contributed by atoms with van der Waals surface area (Å²) in [4.78, 5) is 13.5. The highest BCUT2D eigenvalue weighted by Gasteiger charge is 2.43. The van der Waals surface area contributed by atoms with Crippen LogP contribution in [0.25, 0.3) is 0 Å². The number of aliphatic imine (C=N–C) groups is 1. The second-order valence-electron chi connectivity index (χ2n) is 2.52. The van der Waals surface area contributed by atoms with Gasteiger partial charge in [-0.1, -0.05) is 12.2 Å². The van der Waals surface area contributed by atoms with E-state index in [1.807, 2.05) is 6.92 Å². The molecule has 2 heteroatoms. The highest BCUT2D eigenvalue weighted by atomic mass is 16.1. The zero-order valence-corrected chi connectivity index (χ0v) is 5.48. The number of hydrogen-bond acceptors (Lipinski definition) is 2. The number of hydrogen-bond donors (Lipinski definition) is 0. The van der Waals surface area contributed by atoms with E-state index in [4.69, 9.17) is 0 Å². The molecule has 1 saturated carbocycles. The maximum Gasteiger partial charge on any atom is 0.235 e. The van der Waals surface area contributed by atoms with E-state index in [1.54, 1.807) is 6.08 Å². The summed E-state index contributed by atoms with van der Waals surface area (Å²) in [7, 11) is 0. The molecule has 0 aromatic carbocycles. The lowest BCUT2D eigenvalue weighted by Gasteiger charge is -2.03. The average molecular weight is 123 g/mol. The lowest BCUT2D eigenvalue weighted by atomic mass is 10.1. The topological polar surface area (TPSA) is 29.4 Å². The van der Waals surface area contributed by atoms with Crippen molar-refractivity contribution in [1.29, 1.82) is 0 Å². The minimum absolute atomic E-state index is 0.193. The van der Waals surface area contributed by atoms with E-state index in [0.717, 1.165) is 18.4 Å². The van der Waals surface area contributed by atoms with Gasteiger partial charge in [0.2, 0.25) is 6.08 Å². The van der Waals surface area contributed by atoms with Crippen LogP contribution in [-0.4, -0.2) is 11.6 Å². The van der Waals surface area contributed by atoms with Gasteiger partial charge in [-0.05, 0) is 19.8 Å². The van der Waals surface area contributed by atoms with Gasteiger partial charge in [0.15, 0.2) is 0 Å². The largest absolute Gasteiger partial charge is 0.235 e. The van der Waals surface area contributed by atoms with E-state index in [1.165, 1.54) is 0 Å². The molecule has 1 fully saturated rings. The zero-order chi connectivity index (χ0) is 6.91. The van der Waals surface area contributed by atoms with Crippen LogP contribution in [0.1, 0.15) is 19.8 Å². The predicted molar refractivity (Wildman–Crippen MR) is 34.9 cm³/mol. The van der Waals surface area contributed by atoms with E-state index in [0.29, 0.717) is 0 Å². The highest BCUT2D eigenvalue weighted by Crippen LogP contribution is 2.44. The fourth-order valence-electron chi connectivity index (χ4n) is 0.840. The van der Waals surface area contributed by atoms with Gasteiger partial charge in [0.25, 0.3) is 0 Å². The third kappa shape index (κ3) is 0.936. The number of carbonyl (C=O) groups excluding carboxylic acids is 1. The van der Waals surface area contributed by atoms with Crippen molar-refractivity contribution >= 4 is 6.08 Å². The molecular formula is C7H9NO. The minimum atomic E-state index is -0.193. The standard InChI is InChI=1S/C7H9NO/c1-6(2)7(3-4-7)8-5-9/h1,3-4H2,2H3. The van der Waals surface area contributed by atoms with Crippen LogP contribution in [0, 0.1) is 0 Å². The van der Waals surface area contributed by atoms with Gasteiger partial charge < -0.3 is 0 Å². The Balaban J connectivity index is 2.74. The second-order valence-corrected chi connectivity index (χ2v) is 2.52. The average Bonchev–Trinajstić information content (AvgIpc) is 2.49. The molecule has 0 aromatic heterocycles. The van der Waals surface area contributed by atoms with Crippen molar-refractivity contribution in [2.45, 2.75) is 25.3 Å². The van der Waals surface area contributed by atoms with Crippen molar-refractivity contribution < 1.29 is 4.79 Å². The molecule has 0 amide bonds. The minimum Gasteiger partial charge on any atom is -0.211 e. The first-order valence-electron chi connectivity index (χ1n) is 2.96. The van der Waals surface area contributed by atoms with Gasteiger partial charge in [-0.3, -0.25) is 0 Å². The van der Waals surface area contributed by atoms with Gasteiger partial charge >= 0.3 is 0 Å². The van der Waals surface area contributed by atoms with Crippen LogP contribution in [0.4, 0.5) is 0 Å². The summed E-state index contributed by atoms with van der Waals surface area (Å²) in [6.45, 7) is 5.63. The molecule has 1 rings (SSSR count). The van der Waals surface area contributed by atoms with E-state index < -0.39 is 0 Å². The van der Waals surface area contributed by atoms with Crippen molar-refractivity contribution in [2.75, 3.05) is 0 Å². The van der Waals surface area contributed by atoms with E-state index in [9.17, 15) is 4.79 Å². The summed E-state index contributed by atoms with van der Waals surface area (Å²) in [5.41, 5.74) is 0.785. The molecule has 0 bridgehead atoms. The molecule has 0 saturated heterocycles. The Morgan fingerprint density at radius 1 is 1.78 bits per heavy atom. The maximum atomic E-state index is 9.83. The van der Waals surface area contributed by atoms with E-state index in [2.05, 4.69) is 11.6 Å². The van der Waals surface area contributed by atoms with Gasteiger partial charge in [0, 0.05) is 0 Å². The molecule has 0 atom stereocenters. The van der Waals surface area contributed by atoms with Gasteiger partial charge in [0.05, 0.1) is 5.54 Å². The van der Waals surface area contributed by atoms with Crippen LogP contribution >= 0.6 is 0 Å². The molecule has 9 heavy (non-hydrogen) atoms. The van der Waals surface area contributed by atoms with Gasteiger partial charge in [-0.15, -0.1) is 0 Å². The first kappa shape index (κ1) is 6.24. The summed E-state index contributed by atoms with van der Waals surface area (Å²) in [5.74, 6) is 0. The van der Waals surface area contributed by atoms with Crippen molar-refractivity contribution in [3.8, 4) is 0 Å². The Bertz CT molecular complexity index is 181. The summed E-state index contributed by atoms with van der Waals surface area (Å²) >= 11 is 0. The molecule has 0 aliphatic heterocycles. The normalized spacial score (nSPS) is 20.1. The van der Waals surface area contributed by atoms with E-state index in [-0.39, 0.29) is 5.54 Å². The summed E-state index contributed by atoms with van der Waals surface area (Å²) in [5, 5.41) is 0. The second kappa shape index (κ2) is 1.82. The van der Waals surface area contributed by atoms with Gasteiger partial charge in [0.1, 0.15) is 0 Å². The van der Waals surface area contributed by atoms with Gasteiger partial charge in [-0.2, -0.15) is 4.99 Å². The number of rotatable bonds is 2. The van der Waals surface area contributed by atoms with Crippen molar-refractivity contribution in [1.82, 2.24) is 0 Å². The molecule has 1 aliphatic rings. The van der Waals surface area contributed by atoms with E-state index >= 15 is 0 Å². The summed E-state index contributed by atoms with van der Waals surface area (Å²) in [6, 6.07) is 0. The Hall–Kier alpha value is -0.880. The van der Waals surface area contributed by atoms with Gasteiger partial charge in [-0.25, -0.2) is 4.79 Å². The predicted octanol–water partition coefficient (Wildman–Crippen LogP) is 1.43. The lowest BCUT2D eigenvalue weighted by Crippen LogP contribution is -2.03. The molecular weight excluding hydrogens is 114 g/mol. The van der Waals surface area contributed by atoms with Crippen LogP contribution in [0.2, 0.25) is 0 Å². The quantitative estimate of drug-likeness (QED) is 0.310. The maximum absolute atomic E-state index is 9.83. The molecule has 0 radical (unpaired) electrons. The molecule has 48 valence electrons. The third-order valence-electron chi connectivity index (χ3n) is 1.78. The first-order chi connectivity index (χ1) is 4.21. The fourth-order valence-corrected chi connectivity index (χ4v) is 0.840. The first-order valence-corrected chi connectivity index (χ1v) is 2.96. The molecule has 0 aromatic rings. The molecule has 0 N–H and O–H groups in total. The van der Waals surface area contributed by atoms with Crippen molar-refractivity contribution in [3.63, 3.8) is 0 Å². The van der Waals surface area contributed by atoms with Crippen molar-refractivity contribution in [3.05, 3.63) is 12.2 Å². The van der Waals surface area contributed by atoms with Crippen LogP contribution < -0.4 is 0 Å². The van der Waals surface area contributed by atoms with Crippen LogP contribution in [0.5, 0.6) is 0 Å². The lowest BCUT2D eigenvalue weighted by molar-refractivity contribution is 0.559. The Labute approximate surface area is 54.3 Å². The Morgan fingerprint density at radius 3 is 2.44 bits per heavy atom. The zero-order valence-electron chi connectivity index (χ0n) is 5.48. The Morgan fingerprint density at radius 2 is 2.33 bits per heavy atom. The third-order valence-corrected chi connectivity index (χ3v) is 1.78. The van der Waals surface area contributed by atoms with Crippen molar-refractivity contribution in [2.24, 2.45) is 4.99 Å². The fraction of sp³-hybridized carbons (Fsp3) is 0.571. The van der Waals surface area contributed by atoms with Crippen LogP contribution in [0.3, 0.4) is 0 Å². The molecule has 1 aliphatic carbocycles. The van der Waals surface area contributed by atoms with Crippen LogP contribution in [0.15, 0.2) is 17.1 Å². The highest BCUT2D eigenvalue weighted by molar-refractivity contribution is 5.40.